The number of carbonyl (C=O) groups is 1. The van der Waals surface area contributed by atoms with Crippen LogP contribution in [0.2, 0.25) is 0 Å². The summed E-state index contributed by atoms with van der Waals surface area (Å²) in [5.41, 5.74) is 0. The van der Waals surface area contributed by atoms with Gasteiger partial charge in [0.1, 0.15) is 24.4 Å². The third kappa shape index (κ3) is 9.86. The smallest absolute Gasteiger partial charge is 0.394 e. The molecule has 182 valence electrons. The van der Waals surface area contributed by atoms with Crippen LogP contribution < -0.4 is 5.32 Å². The molecular weight excluding hydrogens is 419 g/mol. The molecule has 1 fully saturated rings. The lowest BCUT2D eigenvalue weighted by atomic mass is 9.96. The molecule has 1 rings (SSSR count). The Morgan fingerprint density at radius 2 is 1.74 bits per heavy atom. The van der Waals surface area contributed by atoms with Crippen LogP contribution >= 0.6 is 0 Å². The molecule has 1 aliphatic rings. The van der Waals surface area contributed by atoms with Crippen LogP contribution in [0.15, 0.2) is 12.7 Å². The van der Waals surface area contributed by atoms with Crippen molar-refractivity contribution in [1.82, 2.24) is 5.32 Å². The van der Waals surface area contributed by atoms with Gasteiger partial charge in [0.15, 0.2) is 6.29 Å². The Morgan fingerprint density at radius 3 is 2.29 bits per heavy atom. The van der Waals surface area contributed by atoms with Crippen LogP contribution in [0.1, 0.15) is 58.3 Å². The van der Waals surface area contributed by atoms with E-state index in [4.69, 9.17) is 14.2 Å². The van der Waals surface area contributed by atoms with Gasteiger partial charge in [-0.25, -0.2) is 0 Å². The Hall–Kier alpha value is -1.20. The van der Waals surface area contributed by atoms with Crippen molar-refractivity contribution in [2.24, 2.45) is 0 Å². The van der Waals surface area contributed by atoms with Crippen molar-refractivity contribution >= 4 is 5.91 Å². The first-order valence-electron chi connectivity index (χ1n) is 10.9. The zero-order valence-corrected chi connectivity index (χ0v) is 18.1. The van der Waals surface area contributed by atoms with Gasteiger partial charge in [0.05, 0.1) is 13.2 Å². The van der Waals surface area contributed by atoms with E-state index in [2.05, 4.69) is 13.5 Å². The SMILES string of the molecule is C=CCO[C@H]1O[C@H](CO)C(O)[C@H](OCCCCCCCCCC)[C@H]1NC(=O)C(F)(F)F. The molecule has 31 heavy (non-hydrogen) atoms. The van der Waals surface area contributed by atoms with Crippen molar-refractivity contribution in [3.8, 4) is 0 Å². The molecule has 0 saturated carbocycles. The summed E-state index contributed by atoms with van der Waals surface area (Å²) in [5, 5.41) is 21.7. The second-order valence-corrected chi connectivity index (χ2v) is 7.65. The van der Waals surface area contributed by atoms with E-state index in [0.29, 0.717) is 6.42 Å². The van der Waals surface area contributed by atoms with E-state index >= 15 is 0 Å². The molecule has 5 atom stereocenters. The Morgan fingerprint density at radius 1 is 1.13 bits per heavy atom. The number of rotatable bonds is 15. The zero-order chi connectivity index (χ0) is 23.3. The lowest BCUT2D eigenvalue weighted by Crippen LogP contribution is -2.66. The summed E-state index contributed by atoms with van der Waals surface area (Å²) in [4.78, 5) is 11.5. The number of halogens is 3. The van der Waals surface area contributed by atoms with Crippen LogP contribution in [0, 0.1) is 0 Å². The topological polar surface area (TPSA) is 97.2 Å². The molecule has 1 heterocycles. The largest absolute Gasteiger partial charge is 0.471 e. The van der Waals surface area contributed by atoms with Gasteiger partial charge < -0.3 is 29.7 Å². The third-order valence-electron chi connectivity index (χ3n) is 5.10. The Balaban J connectivity index is 2.71. The fraction of sp³-hybridized carbons (Fsp3) is 0.857. The van der Waals surface area contributed by atoms with Gasteiger partial charge in [0.25, 0.3) is 0 Å². The number of unbranched alkanes of at least 4 members (excludes halogenated alkanes) is 7. The van der Waals surface area contributed by atoms with Crippen molar-refractivity contribution in [2.75, 3.05) is 19.8 Å². The highest BCUT2D eigenvalue weighted by atomic mass is 19.4. The number of aliphatic hydroxyl groups is 2. The molecule has 0 aliphatic carbocycles. The van der Waals surface area contributed by atoms with Gasteiger partial charge in [0, 0.05) is 6.61 Å². The monoisotopic (exact) mass is 455 g/mol. The average molecular weight is 456 g/mol. The van der Waals surface area contributed by atoms with E-state index in [1.807, 2.05) is 5.32 Å². The quantitative estimate of drug-likeness (QED) is 0.260. The predicted molar refractivity (Wildman–Crippen MR) is 108 cm³/mol. The first kappa shape index (κ1) is 27.8. The number of hydrogen-bond donors (Lipinski definition) is 3. The Kier molecular flexibility index (Phi) is 13.3. The highest BCUT2D eigenvalue weighted by molar-refractivity contribution is 5.82. The van der Waals surface area contributed by atoms with E-state index in [1.165, 1.54) is 31.8 Å². The highest BCUT2D eigenvalue weighted by Crippen LogP contribution is 2.26. The molecule has 7 nitrogen and oxygen atoms in total. The molecule has 0 aromatic rings. The summed E-state index contributed by atoms with van der Waals surface area (Å²) >= 11 is 0. The molecule has 1 unspecified atom stereocenters. The van der Waals surface area contributed by atoms with E-state index in [-0.39, 0.29) is 13.2 Å². The maximum atomic E-state index is 12.8. The first-order chi connectivity index (χ1) is 14.8. The van der Waals surface area contributed by atoms with E-state index in [9.17, 15) is 28.2 Å². The second kappa shape index (κ2) is 14.8. The van der Waals surface area contributed by atoms with Crippen LogP contribution in [-0.4, -0.2) is 72.8 Å². The van der Waals surface area contributed by atoms with Crippen LogP contribution in [-0.2, 0) is 19.0 Å². The Labute approximate surface area is 181 Å². The third-order valence-corrected chi connectivity index (χ3v) is 5.10. The normalized spacial score (nSPS) is 26.6. The van der Waals surface area contributed by atoms with E-state index in [1.54, 1.807) is 0 Å². The summed E-state index contributed by atoms with van der Waals surface area (Å²) in [6.07, 6.45) is -0.498. The number of aliphatic hydroxyl groups excluding tert-OH is 2. The summed E-state index contributed by atoms with van der Waals surface area (Å²) in [7, 11) is 0. The molecule has 0 bridgehead atoms. The van der Waals surface area contributed by atoms with Gasteiger partial charge >= 0.3 is 12.1 Å². The van der Waals surface area contributed by atoms with Gasteiger partial charge in [-0.2, -0.15) is 13.2 Å². The molecule has 1 amide bonds. The molecule has 0 aromatic heterocycles. The number of alkyl halides is 3. The molecule has 0 radical (unpaired) electrons. The van der Waals surface area contributed by atoms with Gasteiger partial charge in [0.2, 0.25) is 0 Å². The van der Waals surface area contributed by atoms with Gasteiger partial charge in [-0.15, -0.1) is 6.58 Å². The molecule has 0 aromatic carbocycles. The fourth-order valence-corrected chi connectivity index (χ4v) is 3.41. The molecule has 1 saturated heterocycles. The zero-order valence-electron chi connectivity index (χ0n) is 18.1. The summed E-state index contributed by atoms with van der Waals surface area (Å²) in [6, 6.07) is -1.42. The van der Waals surface area contributed by atoms with Gasteiger partial charge in [-0.1, -0.05) is 57.9 Å². The van der Waals surface area contributed by atoms with Crippen molar-refractivity contribution in [3.63, 3.8) is 0 Å². The number of nitrogens with one attached hydrogen (secondary N) is 1. The lowest BCUT2D eigenvalue weighted by Gasteiger charge is -2.44. The summed E-state index contributed by atoms with van der Waals surface area (Å²) < 4.78 is 54.8. The van der Waals surface area contributed by atoms with Crippen LogP contribution in [0.4, 0.5) is 13.2 Å². The van der Waals surface area contributed by atoms with Gasteiger partial charge in [-0.05, 0) is 6.42 Å². The molecular formula is C21H36F3NO6. The number of hydrogen-bond acceptors (Lipinski definition) is 6. The number of carbonyl (C=O) groups excluding carboxylic acids is 1. The molecule has 3 N–H and O–H groups in total. The highest BCUT2D eigenvalue weighted by Gasteiger charge is 2.50. The standard InChI is InChI=1S/C21H36F3NO6/c1-3-5-6-7-8-9-10-11-13-29-18-16(25-20(28)21(22,23)24)19(30-12-4-2)31-15(14-26)17(18)27/h4,15-19,26-27H,2-3,5-14H2,1H3,(H,25,28)/t15-,16-,17?,18-,19+/m1/s1. The first-order valence-corrected chi connectivity index (χ1v) is 10.9. The predicted octanol–water partition coefficient (Wildman–Crippen LogP) is 2.84. The van der Waals surface area contributed by atoms with Gasteiger partial charge in [-0.3, -0.25) is 4.79 Å². The van der Waals surface area contributed by atoms with Crippen molar-refractivity contribution in [1.29, 1.82) is 0 Å². The maximum absolute atomic E-state index is 12.8. The van der Waals surface area contributed by atoms with Crippen LogP contribution in [0.5, 0.6) is 0 Å². The Bertz CT molecular complexity index is 520. The fourth-order valence-electron chi connectivity index (χ4n) is 3.41. The van der Waals surface area contributed by atoms with Crippen LogP contribution in [0.25, 0.3) is 0 Å². The van der Waals surface area contributed by atoms with E-state index < -0.39 is 49.3 Å². The average Bonchev–Trinajstić information content (AvgIpc) is 2.72. The number of ether oxygens (including phenoxy) is 3. The summed E-state index contributed by atoms with van der Waals surface area (Å²) in [6.45, 7) is 5.14. The van der Waals surface area contributed by atoms with Crippen molar-refractivity contribution in [2.45, 2.75) is 95.1 Å². The minimum Gasteiger partial charge on any atom is -0.394 e. The van der Waals surface area contributed by atoms with Crippen molar-refractivity contribution < 1.29 is 42.4 Å². The summed E-state index contributed by atoms with van der Waals surface area (Å²) in [5.74, 6) is -2.19. The van der Waals surface area contributed by atoms with E-state index in [0.717, 1.165) is 19.3 Å². The second-order valence-electron chi connectivity index (χ2n) is 7.65. The van der Waals surface area contributed by atoms with Crippen LogP contribution in [0.3, 0.4) is 0 Å². The van der Waals surface area contributed by atoms with Crippen molar-refractivity contribution in [3.05, 3.63) is 12.7 Å². The molecule has 1 aliphatic heterocycles. The lowest BCUT2D eigenvalue weighted by molar-refractivity contribution is -0.276. The minimum atomic E-state index is -5.12. The molecule has 10 heteroatoms. The minimum absolute atomic E-state index is 0.0674. The molecule has 0 spiro atoms. The number of amides is 1. The maximum Gasteiger partial charge on any atom is 0.471 e.